The van der Waals surface area contributed by atoms with Gasteiger partial charge in [0.05, 0.1) is 0 Å². The number of anilines is 1. The third-order valence-corrected chi connectivity index (χ3v) is 2.24. The smallest absolute Gasteiger partial charge is 0.210 e. The summed E-state index contributed by atoms with van der Waals surface area (Å²) in [6.45, 7) is 2.87. The van der Waals surface area contributed by atoms with E-state index in [1.807, 2.05) is 24.3 Å². The number of benzene rings is 1. The highest BCUT2D eigenvalue weighted by Crippen LogP contribution is 2.14. The van der Waals surface area contributed by atoms with Gasteiger partial charge in [-0.25, -0.2) is 5.84 Å². The van der Waals surface area contributed by atoms with Crippen LogP contribution in [0.2, 0.25) is 5.02 Å². The molecule has 0 heterocycles. The molecule has 16 heavy (non-hydrogen) atoms. The number of hydrogen-bond donors (Lipinski definition) is 3. The number of unbranched alkanes of at least 4 members (excludes halogenated alkanes) is 1. The average Bonchev–Trinajstić information content (AvgIpc) is 2.28. The summed E-state index contributed by atoms with van der Waals surface area (Å²) in [5.74, 6) is 5.92. The standard InChI is InChI=1S/C11H17ClN4/c1-2-3-7-14-11(16-13)15-10-6-4-5-9(12)8-10/h4-6,8H,2-3,7,13H2,1H3,(H2,14,15,16). The van der Waals surface area contributed by atoms with Gasteiger partial charge in [0, 0.05) is 17.3 Å². The molecule has 88 valence electrons. The van der Waals surface area contributed by atoms with E-state index in [4.69, 9.17) is 17.4 Å². The first-order chi connectivity index (χ1) is 7.76. The molecule has 0 aliphatic heterocycles. The van der Waals surface area contributed by atoms with E-state index in [9.17, 15) is 0 Å². The van der Waals surface area contributed by atoms with Crippen molar-refractivity contribution in [3.8, 4) is 0 Å². The lowest BCUT2D eigenvalue weighted by molar-refractivity contribution is 0.801. The number of rotatable bonds is 4. The van der Waals surface area contributed by atoms with Crippen LogP contribution in [0.1, 0.15) is 19.8 Å². The topological polar surface area (TPSA) is 62.4 Å². The van der Waals surface area contributed by atoms with Crippen molar-refractivity contribution in [1.29, 1.82) is 0 Å². The Hall–Kier alpha value is -1.26. The minimum absolute atomic E-state index is 0.552. The second-order valence-corrected chi connectivity index (χ2v) is 3.80. The van der Waals surface area contributed by atoms with Gasteiger partial charge in [0.25, 0.3) is 0 Å². The van der Waals surface area contributed by atoms with E-state index in [0.29, 0.717) is 11.0 Å². The highest BCUT2D eigenvalue weighted by atomic mass is 35.5. The third-order valence-electron chi connectivity index (χ3n) is 2.01. The van der Waals surface area contributed by atoms with Crippen molar-refractivity contribution in [3.05, 3.63) is 29.3 Å². The first-order valence-electron chi connectivity index (χ1n) is 5.30. The van der Waals surface area contributed by atoms with Crippen LogP contribution in [0, 0.1) is 0 Å². The van der Waals surface area contributed by atoms with Gasteiger partial charge in [0.2, 0.25) is 5.96 Å². The van der Waals surface area contributed by atoms with Gasteiger partial charge in [-0.1, -0.05) is 31.0 Å². The van der Waals surface area contributed by atoms with Gasteiger partial charge in [0.1, 0.15) is 0 Å². The molecule has 0 saturated carbocycles. The summed E-state index contributed by atoms with van der Waals surface area (Å²) in [5.41, 5.74) is 3.39. The molecule has 0 aliphatic carbocycles. The minimum Gasteiger partial charge on any atom is -0.325 e. The van der Waals surface area contributed by atoms with Gasteiger partial charge in [-0.3, -0.25) is 10.4 Å². The molecule has 1 aromatic rings. The molecule has 0 radical (unpaired) electrons. The zero-order chi connectivity index (χ0) is 11.8. The number of nitrogens with zero attached hydrogens (tertiary/aromatic N) is 1. The monoisotopic (exact) mass is 240 g/mol. The molecule has 0 bridgehead atoms. The molecule has 4 N–H and O–H groups in total. The van der Waals surface area contributed by atoms with Crippen molar-refractivity contribution in [2.75, 3.05) is 11.9 Å². The van der Waals surface area contributed by atoms with Crippen LogP contribution in [0.15, 0.2) is 29.3 Å². The second-order valence-electron chi connectivity index (χ2n) is 3.36. The Bertz CT molecular complexity index is 352. The van der Waals surface area contributed by atoms with Crippen molar-refractivity contribution in [1.82, 2.24) is 5.43 Å². The Morgan fingerprint density at radius 2 is 2.31 bits per heavy atom. The quantitative estimate of drug-likeness (QED) is 0.249. The van der Waals surface area contributed by atoms with Crippen LogP contribution in [0.5, 0.6) is 0 Å². The number of aliphatic imine (C=N–C) groups is 1. The molecular weight excluding hydrogens is 224 g/mol. The summed E-state index contributed by atoms with van der Waals surface area (Å²) in [6, 6.07) is 7.40. The van der Waals surface area contributed by atoms with E-state index in [2.05, 4.69) is 22.7 Å². The Morgan fingerprint density at radius 1 is 1.50 bits per heavy atom. The largest absolute Gasteiger partial charge is 0.325 e. The molecule has 0 aromatic heterocycles. The van der Waals surface area contributed by atoms with Crippen LogP contribution in [0.25, 0.3) is 0 Å². The van der Waals surface area contributed by atoms with Gasteiger partial charge in [-0.2, -0.15) is 0 Å². The maximum absolute atomic E-state index is 5.87. The average molecular weight is 241 g/mol. The Kier molecular flexibility index (Phi) is 5.67. The predicted molar refractivity (Wildman–Crippen MR) is 69.6 cm³/mol. The van der Waals surface area contributed by atoms with Crippen LogP contribution < -0.4 is 16.6 Å². The van der Waals surface area contributed by atoms with Crippen molar-refractivity contribution in [3.63, 3.8) is 0 Å². The SMILES string of the molecule is CCCCN=C(NN)Nc1cccc(Cl)c1. The molecule has 0 atom stereocenters. The molecule has 1 rings (SSSR count). The fourth-order valence-corrected chi connectivity index (χ4v) is 1.36. The molecule has 1 aromatic carbocycles. The molecule has 0 spiro atoms. The van der Waals surface area contributed by atoms with Crippen molar-refractivity contribution in [2.45, 2.75) is 19.8 Å². The highest BCUT2D eigenvalue weighted by Gasteiger charge is 1.97. The fraction of sp³-hybridized carbons (Fsp3) is 0.364. The summed E-state index contributed by atoms with van der Waals surface area (Å²) in [5, 5.41) is 3.73. The zero-order valence-corrected chi connectivity index (χ0v) is 10.1. The Morgan fingerprint density at radius 3 is 2.94 bits per heavy atom. The van der Waals surface area contributed by atoms with Gasteiger partial charge < -0.3 is 5.32 Å². The predicted octanol–water partition coefficient (Wildman–Crippen LogP) is 2.37. The summed E-state index contributed by atoms with van der Waals surface area (Å²) < 4.78 is 0. The molecule has 5 heteroatoms. The number of nitrogens with one attached hydrogen (secondary N) is 2. The van der Waals surface area contributed by atoms with E-state index in [-0.39, 0.29) is 0 Å². The highest BCUT2D eigenvalue weighted by molar-refractivity contribution is 6.30. The maximum atomic E-state index is 5.87. The molecule has 0 saturated heterocycles. The molecule has 0 unspecified atom stereocenters. The van der Waals surface area contributed by atoms with Crippen LogP contribution in [0.4, 0.5) is 5.69 Å². The van der Waals surface area contributed by atoms with Crippen LogP contribution in [-0.2, 0) is 0 Å². The molecule has 0 fully saturated rings. The third kappa shape index (κ3) is 4.51. The molecule has 0 amide bonds. The number of guanidine groups is 1. The summed E-state index contributed by atoms with van der Waals surface area (Å²) in [7, 11) is 0. The van der Waals surface area contributed by atoms with Crippen molar-refractivity contribution < 1.29 is 0 Å². The lowest BCUT2D eigenvalue weighted by Gasteiger charge is -2.09. The van der Waals surface area contributed by atoms with E-state index < -0.39 is 0 Å². The maximum Gasteiger partial charge on any atom is 0.210 e. The minimum atomic E-state index is 0.552. The lowest BCUT2D eigenvalue weighted by Crippen LogP contribution is -2.36. The molecular formula is C11H17ClN4. The van der Waals surface area contributed by atoms with E-state index >= 15 is 0 Å². The summed E-state index contributed by atoms with van der Waals surface area (Å²) in [6.07, 6.45) is 2.15. The summed E-state index contributed by atoms with van der Waals surface area (Å²) in [4.78, 5) is 4.28. The van der Waals surface area contributed by atoms with Gasteiger partial charge >= 0.3 is 0 Å². The van der Waals surface area contributed by atoms with E-state index in [0.717, 1.165) is 25.1 Å². The molecule has 4 nitrogen and oxygen atoms in total. The summed E-state index contributed by atoms with van der Waals surface area (Å²) >= 11 is 5.87. The zero-order valence-electron chi connectivity index (χ0n) is 9.33. The lowest BCUT2D eigenvalue weighted by atomic mass is 10.3. The number of nitrogens with two attached hydrogens (primary N) is 1. The normalized spacial score (nSPS) is 11.3. The Balaban J connectivity index is 2.59. The molecule has 0 aliphatic rings. The first kappa shape index (κ1) is 12.8. The van der Waals surface area contributed by atoms with E-state index in [1.165, 1.54) is 0 Å². The van der Waals surface area contributed by atoms with E-state index in [1.54, 1.807) is 0 Å². The van der Waals surface area contributed by atoms with Crippen molar-refractivity contribution in [2.24, 2.45) is 10.8 Å². The van der Waals surface area contributed by atoms with Crippen LogP contribution in [-0.4, -0.2) is 12.5 Å². The van der Waals surface area contributed by atoms with Crippen LogP contribution in [0.3, 0.4) is 0 Å². The Labute approximate surface area is 101 Å². The number of halogens is 1. The first-order valence-corrected chi connectivity index (χ1v) is 5.67. The van der Waals surface area contributed by atoms with Crippen molar-refractivity contribution >= 4 is 23.2 Å². The van der Waals surface area contributed by atoms with Gasteiger partial charge in [-0.15, -0.1) is 0 Å². The number of hydrogen-bond acceptors (Lipinski definition) is 2. The van der Waals surface area contributed by atoms with Crippen LogP contribution >= 0.6 is 11.6 Å². The number of hydrazine groups is 1. The fourth-order valence-electron chi connectivity index (χ4n) is 1.17. The van der Waals surface area contributed by atoms with Gasteiger partial charge in [0.15, 0.2) is 0 Å². The second kappa shape index (κ2) is 7.09. The van der Waals surface area contributed by atoms with Gasteiger partial charge in [-0.05, 0) is 24.6 Å².